The van der Waals surface area contributed by atoms with E-state index in [0.717, 1.165) is 35.3 Å². The highest BCUT2D eigenvalue weighted by Crippen LogP contribution is 2.15. The molecule has 0 aliphatic rings. The molecule has 1 aromatic heterocycles. The second-order valence-corrected chi connectivity index (χ2v) is 6.55. The van der Waals surface area contributed by atoms with Crippen molar-refractivity contribution in [3.8, 4) is 0 Å². The Balaban J connectivity index is 2.04. The molecule has 1 N–H and O–H groups in total. The van der Waals surface area contributed by atoms with Crippen LogP contribution in [-0.4, -0.2) is 17.6 Å². The van der Waals surface area contributed by atoms with Crippen LogP contribution < -0.4 is 5.32 Å². The fourth-order valence-electron chi connectivity index (χ4n) is 2.32. The highest BCUT2D eigenvalue weighted by Gasteiger charge is 2.10. The molecule has 112 valence electrons. The van der Waals surface area contributed by atoms with Gasteiger partial charge in [-0.25, -0.2) is 0 Å². The van der Waals surface area contributed by atoms with E-state index in [2.05, 4.69) is 51.4 Å². The molecule has 2 aromatic rings. The van der Waals surface area contributed by atoms with Crippen molar-refractivity contribution in [2.75, 3.05) is 6.54 Å². The minimum Gasteiger partial charge on any atom is -0.313 e. The second kappa shape index (κ2) is 8.52. The van der Waals surface area contributed by atoms with Crippen molar-refractivity contribution in [3.63, 3.8) is 0 Å². The van der Waals surface area contributed by atoms with Crippen molar-refractivity contribution in [1.29, 1.82) is 0 Å². The molecule has 0 spiro atoms. The number of pyridine rings is 1. The molecule has 4 heteroatoms. The average molecular weight is 368 g/mol. The molecule has 2 nitrogen and oxygen atoms in total. The maximum absolute atomic E-state index is 5.95. The standard InChI is InChI=1S/C17H20BrClN2/c1-2-7-21-17(9-13-3-5-16(19)6-4-13)10-14-8-15(18)12-20-11-14/h3-6,8,11-12,17,21H,2,7,9-10H2,1H3. The van der Waals surface area contributed by atoms with Gasteiger partial charge in [-0.15, -0.1) is 0 Å². The lowest BCUT2D eigenvalue weighted by atomic mass is 10.00. The molecule has 0 fully saturated rings. The zero-order valence-corrected chi connectivity index (χ0v) is 14.5. The second-order valence-electron chi connectivity index (χ2n) is 5.20. The summed E-state index contributed by atoms with van der Waals surface area (Å²) < 4.78 is 1.03. The number of nitrogens with one attached hydrogen (secondary N) is 1. The summed E-state index contributed by atoms with van der Waals surface area (Å²) in [7, 11) is 0. The molecule has 2 rings (SSSR count). The molecular formula is C17H20BrClN2. The first kappa shape index (κ1) is 16.5. The number of aromatic nitrogens is 1. The van der Waals surface area contributed by atoms with Gasteiger partial charge in [0.2, 0.25) is 0 Å². The molecule has 1 atom stereocenters. The van der Waals surface area contributed by atoms with Crippen LogP contribution >= 0.6 is 27.5 Å². The van der Waals surface area contributed by atoms with Crippen molar-refractivity contribution in [2.45, 2.75) is 32.2 Å². The number of hydrogen-bond donors (Lipinski definition) is 1. The van der Waals surface area contributed by atoms with Crippen LogP contribution in [0.1, 0.15) is 24.5 Å². The fourth-order valence-corrected chi connectivity index (χ4v) is 2.86. The smallest absolute Gasteiger partial charge is 0.0410 e. The van der Waals surface area contributed by atoms with E-state index < -0.39 is 0 Å². The van der Waals surface area contributed by atoms with Crippen molar-refractivity contribution >= 4 is 27.5 Å². The van der Waals surface area contributed by atoms with Gasteiger partial charge in [0.15, 0.2) is 0 Å². The molecule has 1 unspecified atom stereocenters. The van der Waals surface area contributed by atoms with E-state index in [0.29, 0.717) is 6.04 Å². The predicted octanol–water partition coefficient (Wildman–Crippen LogP) is 4.65. The minimum absolute atomic E-state index is 0.405. The number of benzene rings is 1. The van der Waals surface area contributed by atoms with Crippen LogP contribution in [0.15, 0.2) is 47.2 Å². The van der Waals surface area contributed by atoms with E-state index in [1.165, 1.54) is 11.1 Å². The number of rotatable bonds is 7. The maximum atomic E-state index is 5.95. The summed E-state index contributed by atoms with van der Waals surface area (Å²) in [6, 6.07) is 10.6. The SMILES string of the molecule is CCCNC(Cc1ccc(Cl)cc1)Cc1cncc(Br)c1. The van der Waals surface area contributed by atoms with Gasteiger partial charge >= 0.3 is 0 Å². The molecule has 0 bridgehead atoms. The minimum atomic E-state index is 0.405. The first-order valence-corrected chi connectivity index (χ1v) is 8.41. The topological polar surface area (TPSA) is 24.9 Å². The van der Waals surface area contributed by atoms with E-state index in [4.69, 9.17) is 11.6 Å². The highest BCUT2D eigenvalue weighted by atomic mass is 79.9. The molecule has 1 heterocycles. The summed E-state index contributed by atoms with van der Waals surface area (Å²) in [6.45, 7) is 3.21. The molecule has 1 aromatic carbocycles. The first-order chi connectivity index (χ1) is 10.2. The van der Waals surface area contributed by atoms with E-state index >= 15 is 0 Å². The largest absolute Gasteiger partial charge is 0.313 e. The number of nitrogens with zero attached hydrogens (tertiary/aromatic N) is 1. The summed E-state index contributed by atoms with van der Waals surface area (Å²) in [6.07, 6.45) is 6.84. The Bertz CT molecular complexity index is 557. The quantitative estimate of drug-likeness (QED) is 0.770. The molecular weight excluding hydrogens is 348 g/mol. The zero-order valence-electron chi connectivity index (χ0n) is 12.2. The Hall–Kier alpha value is -0.900. The normalized spacial score (nSPS) is 12.3. The summed E-state index contributed by atoms with van der Waals surface area (Å²) in [5.41, 5.74) is 2.54. The van der Waals surface area contributed by atoms with Crippen molar-refractivity contribution < 1.29 is 0 Å². The van der Waals surface area contributed by atoms with Gasteiger partial charge in [-0.1, -0.05) is 30.7 Å². The molecule has 0 saturated carbocycles. The van der Waals surface area contributed by atoms with E-state index in [1.807, 2.05) is 24.5 Å². The third-order valence-corrected chi connectivity index (χ3v) is 4.01. The monoisotopic (exact) mass is 366 g/mol. The molecule has 0 saturated heterocycles. The van der Waals surface area contributed by atoms with Crippen molar-refractivity contribution in [2.24, 2.45) is 0 Å². The summed E-state index contributed by atoms with van der Waals surface area (Å²) in [5.74, 6) is 0. The van der Waals surface area contributed by atoms with Gasteiger partial charge in [0.1, 0.15) is 0 Å². The summed E-state index contributed by atoms with van der Waals surface area (Å²) in [4.78, 5) is 4.24. The molecule has 0 radical (unpaired) electrons. The Morgan fingerprint density at radius 2 is 1.86 bits per heavy atom. The lowest BCUT2D eigenvalue weighted by Gasteiger charge is -2.19. The van der Waals surface area contributed by atoms with Gasteiger partial charge in [-0.05, 0) is 71.1 Å². The van der Waals surface area contributed by atoms with Crippen molar-refractivity contribution in [1.82, 2.24) is 10.3 Å². The summed E-state index contributed by atoms with van der Waals surface area (Å²) in [5, 5.41) is 4.41. The van der Waals surface area contributed by atoms with E-state index in [-0.39, 0.29) is 0 Å². The van der Waals surface area contributed by atoms with Crippen LogP contribution in [0.2, 0.25) is 5.02 Å². The molecule has 21 heavy (non-hydrogen) atoms. The molecule has 0 aliphatic carbocycles. The maximum Gasteiger partial charge on any atom is 0.0410 e. The lowest BCUT2D eigenvalue weighted by Crippen LogP contribution is -2.33. The zero-order chi connectivity index (χ0) is 15.1. The Kier molecular flexibility index (Phi) is 6.68. The number of halogens is 2. The molecule has 0 amide bonds. The predicted molar refractivity (Wildman–Crippen MR) is 92.9 cm³/mol. The Morgan fingerprint density at radius 3 is 2.52 bits per heavy atom. The van der Waals surface area contributed by atoms with Crippen LogP contribution in [-0.2, 0) is 12.8 Å². The summed E-state index contributed by atoms with van der Waals surface area (Å²) >= 11 is 9.43. The van der Waals surface area contributed by atoms with E-state index in [1.54, 1.807) is 0 Å². The van der Waals surface area contributed by atoms with Crippen LogP contribution in [0.4, 0.5) is 0 Å². The van der Waals surface area contributed by atoms with Gasteiger partial charge < -0.3 is 5.32 Å². The van der Waals surface area contributed by atoms with Crippen LogP contribution in [0.25, 0.3) is 0 Å². The highest BCUT2D eigenvalue weighted by molar-refractivity contribution is 9.10. The van der Waals surface area contributed by atoms with Crippen molar-refractivity contribution in [3.05, 3.63) is 63.3 Å². The molecule has 0 aliphatic heterocycles. The lowest BCUT2D eigenvalue weighted by molar-refractivity contribution is 0.504. The average Bonchev–Trinajstić information content (AvgIpc) is 2.47. The first-order valence-electron chi connectivity index (χ1n) is 7.24. The van der Waals surface area contributed by atoms with Crippen LogP contribution in [0, 0.1) is 0 Å². The Labute approximate surface area is 140 Å². The third-order valence-electron chi connectivity index (χ3n) is 3.32. The van der Waals surface area contributed by atoms with Crippen LogP contribution in [0.5, 0.6) is 0 Å². The van der Waals surface area contributed by atoms with Gasteiger partial charge in [0.25, 0.3) is 0 Å². The van der Waals surface area contributed by atoms with Gasteiger partial charge in [0.05, 0.1) is 0 Å². The van der Waals surface area contributed by atoms with E-state index in [9.17, 15) is 0 Å². The number of hydrogen-bond acceptors (Lipinski definition) is 2. The van der Waals surface area contributed by atoms with Gasteiger partial charge in [-0.3, -0.25) is 4.98 Å². The fraction of sp³-hybridized carbons (Fsp3) is 0.353. The van der Waals surface area contributed by atoms with Crippen LogP contribution in [0.3, 0.4) is 0 Å². The Morgan fingerprint density at radius 1 is 1.14 bits per heavy atom. The van der Waals surface area contributed by atoms with Gasteiger partial charge in [-0.2, -0.15) is 0 Å². The van der Waals surface area contributed by atoms with Gasteiger partial charge in [0, 0.05) is 27.9 Å². The third kappa shape index (κ3) is 5.77.